The SMILES string of the molecule is Cc1c(CN2CCc3ccccc3C2CO)cccc1[N+](=O)[O-]. The third-order valence-electron chi connectivity index (χ3n) is 4.68. The molecule has 2 aromatic rings. The summed E-state index contributed by atoms with van der Waals surface area (Å²) in [6.45, 7) is 3.28. The van der Waals surface area contributed by atoms with Gasteiger partial charge in [0.25, 0.3) is 5.69 Å². The highest BCUT2D eigenvalue weighted by atomic mass is 16.6. The van der Waals surface area contributed by atoms with Gasteiger partial charge in [0.05, 0.1) is 17.6 Å². The lowest BCUT2D eigenvalue weighted by atomic mass is 9.92. The zero-order chi connectivity index (χ0) is 16.4. The zero-order valence-corrected chi connectivity index (χ0v) is 13.1. The highest BCUT2D eigenvalue weighted by molar-refractivity contribution is 5.44. The summed E-state index contributed by atoms with van der Waals surface area (Å²) in [6, 6.07) is 13.3. The van der Waals surface area contributed by atoms with Crippen LogP contribution in [0.25, 0.3) is 0 Å². The van der Waals surface area contributed by atoms with E-state index in [4.69, 9.17) is 0 Å². The molecule has 5 heteroatoms. The average molecular weight is 312 g/mol. The first kappa shape index (κ1) is 15.6. The number of nitro benzene ring substituents is 1. The lowest BCUT2D eigenvalue weighted by Gasteiger charge is -2.36. The van der Waals surface area contributed by atoms with E-state index in [0.717, 1.165) is 24.1 Å². The molecule has 0 saturated carbocycles. The quantitative estimate of drug-likeness (QED) is 0.696. The van der Waals surface area contributed by atoms with Gasteiger partial charge in [0.2, 0.25) is 0 Å². The van der Waals surface area contributed by atoms with Crippen LogP contribution < -0.4 is 0 Å². The minimum Gasteiger partial charge on any atom is -0.394 e. The molecule has 1 heterocycles. The van der Waals surface area contributed by atoms with Gasteiger partial charge in [-0.2, -0.15) is 0 Å². The van der Waals surface area contributed by atoms with Crippen molar-refractivity contribution in [1.29, 1.82) is 0 Å². The molecule has 1 unspecified atom stereocenters. The van der Waals surface area contributed by atoms with E-state index in [9.17, 15) is 15.2 Å². The largest absolute Gasteiger partial charge is 0.394 e. The summed E-state index contributed by atoms with van der Waals surface area (Å²) in [4.78, 5) is 13.0. The Morgan fingerprint density at radius 1 is 1.26 bits per heavy atom. The molecule has 0 aromatic heterocycles. The van der Waals surface area contributed by atoms with E-state index in [1.165, 1.54) is 11.6 Å². The van der Waals surface area contributed by atoms with E-state index in [0.29, 0.717) is 12.1 Å². The zero-order valence-electron chi connectivity index (χ0n) is 13.1. The molecule has 0 amide bonds. The molecule has 0 spiro atoms. The van der Waals surface area contributed by atoms with Crippen molar-refractivity contribution in [3.8, 4) is 0 Å². The smallest absolute Gasteiger partial charge is 0.272 e. The number of nitro groups is 1. The van der Waals surface area contributed by atoms with Crippen molar-refractivity contribution in [1.82, 2.24) is 4.90 Å². The molecule has 5 nitrogen and oxygen atoms in total. The Bertz CT molecular complexity index is 730. The van der Waals surface area contributed by atoms with Gasteiger partial charge in [0.1, 0.15) is 0 Å². The maximum atomic E-state index is 11.1. The molecule has 0 radical (unpaired) electrons. The van der Waals surface area contributed by atoms with Crippen LogP contribution in [-0.4, -0.2) is 28.1 Å². The van der Waals surface area contributed by atoms with E-state index in [1.807, 2.05) is 18.2 Å². The topological polar surface area (TPSA) is 66.6 Å². The summed E-state index contributed by atoms with van der Waals surface area (Å²) in [7, 11) is 0. The summed E-state index contributed by atoms with van der Waals surface area (Å²) in [5.74, 6) is 0. The first-order chi connectivity index (χ1) is 11.1. The van der Waals surface area contributed by atoms with E-state index in [-0.39, 0.29) is 23.3 Å². The number of hydrogen-bond donors (Lipinski definition) is 1. The monoisotopic (exact) mass is 312 g/mol. The third-order valence-corrected chi connectivity index (χ3v) is 4.68. The average Bonchev–Trinajstić information content (AvgIpc) is 2.56. The minimum absolute atomic E-state index is 0.0466. The summed E-state index contributed by atoms with van der Waals surface area (Å²) < 4.78 is 0. The molecule has 0 saturated heterocycles. The predicted octanol–water partition coefficient (Wildman–Crippen LogP) is 2.99. The molecule has 1 N–H and O–H groups in total. The first-order valence-electron chi connectivity index (χ1n) is 7.77. The Balaban J connectivity index is 1.89. The lowest BCUT2D eigenvalue weighted by molar-refractivity contribution is -0.385. The van der Waals surface area contributed by atoms with Crippen molar-refractivity contribution in [2.24, 2.45) is 0 Å². The van der Waals surface area contributed by atoms with Gasteiger partial charge in [-0.15, -0.1) is 0 Å². The highest BCUT2D eigenvalue weighted by Crippen LogP contribution is 2.32. The Labute approximate surface area is 135 Å². The highest BCUT2D eigenvalue weighted by Gasteiger charge is 2.27. The van der Waals surface area contributed by atoms with Gasteiger partial charge in [0, 0.05) is 24.7 Å². The standard InChI is InChI=1S/C18H20N2O3/c1-13-15(6-4-8-17(13)20(22)23)11-19-10-9-14-5-2-3-7-16(14)18(19)12-21/h2-8,18,21H,9-12H2,1H3. The van der Waals surface area contributed by atoms with Crippen molar-refractivity contribution >= 4 is 5.69 Å². The van der Waals surface area contributed by atoms with Crippen LogP contribution >= 0.6 is 0 Å². The van der Waals surface area contributed by atoms with Crippen LogP contribution in [0.15, 0.2) is 42.5 Å². The van der Waals surface area contributed by atoms with E-state index in [2.05, 4.69) is 17.0 Å². The molecule has 0 bridgehead atoms. The fourth-order valence-corrected chi connectivity index (χ4v) is 3.36. The number of benzene rings is 2. The van der Waals surface area contributed by atoms with Gasteiger partial charge >= 0.3 is 0 Å². The number of aliphatic hydroxyl groups is 1. The summed E-state index contributed by atoms with van der Waals surface area (Å²) in [5.41, 5.74) is 4.23. The fraction of sp³-hybridized carbons (Fsp3) is 0.333. The van der Waals surface area contributed by atoms with Crippen LogP contribution in [0.4, 0.5) is 5.69 Å². The summed E-state index contributed by atoms with van der Waals surface area (Å²) in [5, 5.41) is 21.0. The van der Waals surface area contributed by atoms with Crippen LogP contribution in [0.1, 0.15) is 28.3 Å². The van der Waals surface area contributed by atoms with Gasteiger partial charge < -0.3 is 5.11 Å². The first-order valence-corrected chi connectivity index (χ1v) is 7.77. The van der Waals surface area contributed by atoms with Crippen molar-refractivity contribution < 1.29 is 10.0 Å². The van der Waals surface area contributed by atoms with Gasteiger partial charge in [0.15, 0.2) is 0 Å². The number of nitrogens with zero attached hydrogens (tertiary/aromatic N) is 2. The second-order valence-corrected chi connectivity index (χ2v) is 5.94. The van der Waals surface area contributed by atoms with Crippen LogP contribution in [0.3, 0.4) is 0 Å². The third kappa shape index (κ3) is 2.98. The number of aliphatic hydroxyl groups excluding tert-OH is 1. The van der Waals surface area contributed by atoms with E-state index >= 15 is 0 Å². The molecule has 1 aliphatic heterocycles. The fourth-order valence-electron chi connectivity index (χ4n) is 3.36. The molecule has 0 aliphatic carbocycles. The molecule has 2 aromatic carbocycles. The van der Waals surface area contributed by atoms with Gasteiger partial charge in [-0.25, -0.2) is 0 Å². The van der Waals surface area contributed by atoms with Crippen LogP contribution in [0, 0.1) is 17.0 Å². The Morgan fingerprint density at radius 2 is 2.04 bits per heavy atom. The van der Waals surface area contributed by atoms with Crippen molar-refractivity contribution in [2.45, 2.75) is 25.9 Å². The van der Waals surface area contributed by atoms with Gasteiger partial charge in [-0.05, 0) is 30.0 Å². The molecule has 0 fully saturated rings. The number of fused-ring (bicyclic) bond motifs is 1. The Hall–Kier alpha value is -2.24. The molecule has 120 valence electrons. The van der Waals surface area contributed by atoms with Crippen molar-refractivity contribution in [3.63, 3.8) is 0 Å². The van der Waals surface area contributed by atoms with Crippen molar-refractivity contribution in [2.75, 3.05) is 13.2 Å². The Morgan fingerprint density at radius 3 is 2.78 bits per heavy atom. The van der Waals surface area contributed by atoms with E-state index in [1.54, 1.807) is 13.0 Å². The number of rotatable bonds is 4. The summed E-state index contributed by atoms with van der Waals surface area (Å²) >= 11 is 0. The molecular weight excluding hydrogens is 292 g/mol. The lowest BCUT2D eigenvalue weighted by Crippen LogP contribution is -2.37. The predicted molar refractivity (Wildman–Crippen MR) is 88.2 cm³/mol. The van der Waals surface area contributed by atoms with Crippen LogP contribution in [0.5, 0.6) is 0 Å². The van der Waals surface area contributed by atoms with Crippen LogP contribution in [-0.2, 0) is 13.0 Å². The number of hydrogen-bond acceptors (Lipinski definition) is 4. The molecule has 1 aliphatic rings. The van der Waals surface area contributed by atoms with Crippen LogP contribution in [0.2, 0.25) is 0 Å². The molecule has 23 heavy (non-hydrogen) atoms. The Kier molecular flexibility index (Phi) is 4.41. The van der Waals surface area contributed by atoms with Gasteiger partial charge in [-0.1, -0.05) is 36.4 Å². The maximum absolute atomic E-state index is 11.1. The summed E-state index contributed by atoms with van der Waals surface area (Å²) in [6.07, 6.45) is 0.931. The second kappa shape index (κ2) is 6.48. The van der Waals surface area contributed by atoms with Gasteiger partial charge in [-0.3, -0.25) is 15.0 Å². The maximum Gasteiger partial charge on any atom is 0.272 e. The van der Waals surface area contributed by atoms with E-state index < -0.39 is 0 Å². The minimum atomic E-state index is -0.339. The molecule has 3 rings (SSSR count). The normalized spacial score (nSPS) is 17.7. The second-order valence-electron chi connectivity index (χ2n) is 5.94. The molecular formula is C18H20N2O3. The molecule has 1 atom stereocenters. The van der Waals surface area contributed by atoms with Crippen molar-refractivity contribution in [3.05, 3.63) is 74.8 Å².